The summed E-state index contributed by atoms with van der Waals surface area (Å²) in [5.74, 6) is 0.100. The van der Waals surface area contributed by atoms with Crippen LogP contribution in [-0.4, -0.2) is 5.78 Å². The minimum atomic E-state index is -0.194. The lowest BCUT2D eigenvalue weighted by Crippen LogP contribution is -1.97. The number of rotatable bonds is 2. The Hall–Kier alpha value is 0.140. The van der Waals surface area contributed by atoms with Crippen LogP contribution in [0.5, 0.6) is 0 Å². The van der Waals surface area contributed by atoms with Crippen molar-refractivity contribution in [2.75, 3.05) is 0 Å². The molecule has 11 heavy (non-hydrogen) atoms. The zero-order valence-corrected chi connectivity index (χ0v) is 8.96. The Bertz CT molecular complexity index is 271. The van der Waals surface area contributed by atoms with E-state index in [9.17, 15) is 4.79 Å². The number of Topliss-reactive ketones (excluding diaryl/α,β-unsaturated/α-hetero) is 1. The summed E-state index contributed by atoms with van der Waals surface area (Å²) in [6, 6.07) is 3.65. The van der Waals surface area contributed by atoms with Crippen molar-refractivity contribution < 1.29 is 4.79 Å². The van der Waals surface area contributed by atoms with Crippen molar-refractivity contribution in [3.8, 4) is 0 Å². The molecule has 0 radical (unpaired) electrons. The number of halogens is 2. The van der Waals surface area contributed by atoms with E-state index in [0.717, 1.165) is 4.88 Å². The molecule has 0 spiro atoms. The number of thiophene rings is 1. The van der Waals surface area contributed by atoms with E-state index in [1.807, 2.05) is 6.07 Å². The van der Waals surface area contributed by atoms with E-state index in [2.05, 4.69) is 15.9 Å². The maximum Gasteiger partial charge on any atom is 0.148 e. The van der Waals surface area contributed by atoms with E-state index in [4.69, 9.17) is 11.6 Å². The molecule has 0 saturated carbocycles. The number of ketones is 1. The van der Waals surface area contributed by atoms with Crippen LogP contribution in [0.1, 0.15) is 16.6 Å². The predicted molar refractivity (Wildman–Crippen MR) is 51.7 cm³/mol. The van der Waals surface area contributed by atoms with Crippen LogP contribution < -0.4 is 0 Å². The third kappa shape index (κ3) is 2.29. The standard InChI is InChI=1S/C7H6BrClOS/c1-4(10)7(8)5-2-3-6(9)11-5/h2-3,7H,1H3. The Labute approximate surface area is 82.5 Å². The van der Waals surface area contributed by atoms with E-state index >= 15 is 0 Å². The van der Waals surface area contributed by atoms with Gasteiger partial charge in [-0.1, -0.05) is 27.5 Å². The molecule has 0 aromatic carbocycles. The van der Waals surface area contributed by atoms with Gasteiger partial charge in [0.15, 0.2) is 0 Å². The van der Waals surface area contributed by atoms with Gasteiger partial charge >= 0.3 is 0 Å². The van der Waals surface area contributed by atoms with Crippen LogP contribution in [0.3, 0.4) is 0 Å². The van der Waals surface area contributed by atoms with Gasteiger partial charge in [-0.3, -0.25) is 4.79 Å². The van der Waals surface area contributed by atoms with Crippen LogP contribution in [0.15, 0.2) is 12.1 Å². The molecular weight excluding hydrogens is 247 g/mol. The van der Waals surface area contributed by atoms with Gasteiger partial charge in [0.2, 0.25) is 0 Å². The SMILES string of the molecule is CC(=O)C(Br)c1ccc(Cl)s1. The number of carbonyl (C=O) groups excluding carboxylic acids is 1. The molecule has 1 aromatic heterocycles. The molecule has 1 heterocycles. The minimum Gasteiger partial charge on any atom is -0.298 e. The smallest absolute Gasteiger partial charge is 0.148 e. The van der Waals surface area contributed by atoms with Crippen LogP contribution in [-0.2, 0) is 4.79 Å². The summed E-state index contributed by atoms with van der Waals surface area (Å²) < 4.78 is 0.714. The second-order valence-corrected chi connectivity index (χ2v) is 4.78. The normalized spacial score (nSPS) is 13.0. The number of carbonyl (C=O) groups is 1. The molecule has 0 saturated heterocycles. The van der Waals surface area contributed by atoms with Gasteiger partial charge in [-0.2, -0.15) is 0 Å². The van der Waals surface area contributed by atoms with Gasteiger partial charge in [-0.05, 0) is 19.1 Å². The summed E-state index contributed by atoms with van der Waals surface area (Å²) in [7, 11) is 0. The first-order valence-corrected chi connectivity index (χ1v) is 5.12. The van der Waals surface area contributed by atoms with Gasteiger partial charge in [0.1, 0.15) is 10.6 Å². The average Bonchev–Trinajstić information content (AvgIpc) is 2.34. The Balaban J connectivity index is 2.84. The second-order valence-electron chi connectivity index (χ2n) is 2.12. The molecule has 0 fully saturated rings. The minimum absolute atomic E-state index is 0.100. The summed E-state index contributed by atoms with van der Waals surface area (Å²) in [6.07, 6.45) is 0. The highest BCUT2D eigenvalue weighted by Gasteiger charge is 2.13. The van der Waals surface area contributed by atoms with E-state index in [0.29, 0.717) is 4.34 Å². The maximum atomic E-state index is 10.9. The monoisotopic (exact) mass is 252 g/mol. The molecule has 1 unspecified atom stereocenters. The zero-order valence-electron chi connectivity index (χ0n) is 5.80. The Kier molecular flexibility index (Phi) is 3.10. The molecule has 1 nitrogen and oxygen atoms in total. The number of alkyl halides is 1. The van der Waals surface area contributed by atoms with Crippen LogP contribution >= 0.6 is 38.9 Å². The summed E-state index contributed by atoms with van der Waals surface area (Å²) in [5.41, 5.74) is 0. The third-order valence-corrected chi connectivity index (χ3v) is 3.94. The summed E-state index contributed by atoms with van der Waals surface area (Å²) in [4.78, 5) is 11.6. The molecular formula is C7H6BrClOS. The molecule has 60 valence electrons. The molecule has 0 aliphatic heterocycles. The lowest BCUT2D eigenvalue weighted by Gasteiger charge is -1.99. The van der Waals surface area contributed by atoms with Crippen LogP contribution in [0, 0.1) is 0 Å². The first-order valence-electron chi connectivity index (χ1n) is 3.01. The fourth-order valence-corrected chi connectivity index (χ4v) is 2.19. The van der Waals surface area contributed by atoms with Crippen molar-refractivity contribution in [3.05, 3.63) is 21.3 Å². The van der Waals surface area contributed by atoms with E-state index in [-0.39, 0.29) is 10.6 Å². The van der Waals surface area contributed by atoms with Crippen molar-refractivity contribution >= 4 is 44.7 Å². The van der Waals surface area contributed by atoms with E-state index in [1.54, 1.807) is 13.0 Å². The highest BCUT2D eigenvalue weighted by Crippen LogP contribution is 2.32. The molecule has 0 amide bonds. The van der Waals surface area contributed by atoms with E-state index < -0.39 is 0 Å². The molecule has 0 N–H and O–H groups in total. The fourth-order valence-electron chi connectivity index (χ4n) is 0.665. The fraction of sp³-hybridized carbons (Fsp3) is 0.286. The van der Waals surface area contributed by atoms with Crippen molar-refractivity contribution in [2.45, 2.75) is 11.8 Å². The number of hydrogen-bond acceptors (Lipinski definition) is 2. The Morgan fingerprint density at radius 2 is 2.36 bits per heavy atom. The van der Waals surface area contributed by atoms with Crippen molar-refractivity contribution in [3.63, 3.8) is 0 Å². The lowest BCUT2D eigenvalue weighted by atomic mass is 10.3. The quantitative estimate of drug-likeness (QED) is 0.738. The summed E-state index contributed by atoms with van der Waals surface area (Å²) in [5, 5.41) is 0. The van der Waals surface area contributed by atoms with Crippen LogP contribution in [0.2, 0.25) is 4.34 Å². The maximum absolute atomic E-state index is 10.9. The highest BCUT2D eigenvalue weighted by molar-refractivity contribution is 9.09. The molecule has 4 heteroatoms. The van der Waals surface area contributed by atoms with Crippen LogP contribution in [0.4, 0.5) is 0 Å². The first-order chi connectivity index (χ1) is 5.11. The highest BCUT2D eigenvalue weighted by atomic mass is 79.9. The number of hydrogen-bond donors (Lipinski definition) is 0. The first kappa shape index (κ1) is 9.23. The second kappa shape index (κ2) is 3.70. The van der Waals surface area contributed by atoms with Gasteiger partial charge in [0.25, 0.3) is 0 Å². The molecule has 1 rings (SSSR count). The summed E-state index contributed by atoms with van der Waals surface area (Å²) >= 11 is 10.4. The van der Waals surface area contributed by atoms with Gasteiger partial charge in [-0.25, -0.2) is 0 Å². The van der Waals surface area contributed by atoms with Gasteiger partial charge in [0.05, 0.1) is 4.34 Å². The van der Waals surface area contributed by atoms with Crippen LogP contribution in [0.25, 0.3) is 0 Å². The molecule has 0 bridgehead atoms. The third-order valence-electron chi connectivity index (χ3n) is 1.20. The Morgan fingerprint density at radius 3 is 2.73 bits per heavy atom. The van der Waals surface area contributed by atoms with Gasteiger partial charge < -0.3 is 0 Å². The average molecular weight is 254 g/mol. The molecule has 0 aliphatic rings. The van der Waals surface area contributed by atoms with Gasteiger partial charge in [-0.15, -0.1) is 11.3 Å². The topological polar surface area (TPSA) is 17.1 Å². The lowest BCUT2D eigenvalue weighted by molar-refractivity contribution is -0.116. The zero-order chi connectivity index (χ0) is 8.43. The van der Waals surface area contributed by atoms with Crippen molar-refractivity contribution in [2.24, 2.45) is 0 Å². The summed E-state index contributed by atoms with van der Waals surface area (Å²) in [6.45, 7) is 1.55. The van der Waals surface area contributed by atoms with Crippen molar-refractivity contribution in [1.29, 1.82) is 0 Å². The molecule has 1 atom stereocenters. The molecule has 0 aliphatic carbocycles. The van der Waals surface area contributed by atoms with Crippen molar-refractivity contribution in [1.82, 2.24) is 0 Å². The largest absolute Gasteiger partial charge is 0.298 e. The molecule has 1 aromatic rings. The van der Waals surface area contributed by atoms with Gasteiger partial charge in [0, 0.05) is 4.88 Å². The Morgan fingerprint density at radius 1 is 1.73 bits per heavy atom. The van der Waals surface area contributed by atoms with E-state index in [1.165, 1.54) is 11.3 Å². The predicted octanol–water partition coefficient (Wildman–Crippen LogP) is 3.43.